The van der Waals surface area contributed by atoms with Gasteiger partial charge in [0.1, 0.15) is 11.4 Å². The van der Waals surface area contributed by atoms with Crippen LogP contribution in [0.5, 0.6) is 5.75 Å². The van der Waals surface area contributed by atoms with Gasteiger partial charge in [0.05, 0.1) is 18.5 Å². The van der Waals surface area contributed by atoms with Crippen LogP contribution in [-0.4, -0.2) is 42.1 Å². The summed E-state index contributed by atoms with van der Waals surface area (Å²) in [5, 5.41) is 17.1. The maximum atomic E-state index is 5.69. The van der Waals surface area contributed by atoms with Crippen LogP contribution >= 0.6 is 0 Å². The van der Waals surface area contributed by atoms with E-state index in [4.69, 9.17) is 4.74 Å². The average Bonchev–Trinajstić information content (AvgIpc) is 3.52. The maximum Gasteiger partial charge on any atom is 0.223 e. The minimum atomic E-state index is 0.461. The van der Waals surface area contributed by atoms with Crippen molar-refractivity contribution in [3.05, 3.63) is 85.3 Å². The van der Waals surface area contributed by atoms with Gasteiger partial charge < -0.3 is 4.74 Å². The van der Waals surface area contributed by atoms with E-state index < -0.39 is 0 Å². The number of tetrazole rings is 1. The van der Waals surface area contributed by atoms with E-state index in [1.807, 2.05) is 77.6 Å². The van der Waals surface area contributed by atoms with Gasteiger partial charge in [-0.05, 0) is 41.6 Å². The number of aromatic nitrogens is 7. The Hall–Kier alpha value is -4.33. The number of pyridine rings is 1. The lowest BCUT2D eigenvalue weighted by Gasteiger charge is -2.14. The number of benzene rings is 2. The van der Waals surface area contributed by atoms with Crippen molar-refractivity contribution in [1.82, 2.24) is 35.0 Å². The molecule has 2 aromatic carbocycles. The minimum absolute atomic E-state index is 0.461. The zero-order valence-electron chi connectivity index (χ0n) is 16.1. The van der Waals surface area contributed by atoms with Crippen molar-refractivity contribution in [1.29, 1.82) is 0 Å². The Morgan fingerprint density at radius 1 is 0.867 bits per heavy atom. The number of hydrogen-bond acceptors (Lipinski definition) is 6. The zero-order valence-corrected chi connectivity index (χ0v) is 16.1. The third kappa shape index (κ3) is 3.20. The quantitative estimate of drug-likeness (QED) is 0.452. The van der Waals surface area contributed by atoms with Crippen molar-refractivity contribution in [3.63, 3.8) is 0 Å². The molecule has 8 heteroatoms. The minimum Gasteiger partial charge on any atom is -0.496 e. The summed E-state index contributed by atoms with van der Waals surface area (Å²) in [6.45, 7) is 0. The van der Waals surface area contributed by atoms with Crippen molar-refractivity contribution in [2.45, 2.75) is 0 Å². The van der Waals surface area contributed by atoms with Crippen LogP contribution in [0.4, 0.5) is 0 Å². The molecule has 0 atom stereocenters. The molecule has 0 saturated heterocycles. The summed E-state index contributed by atoms with van der Waals surface area (Å²) < 4.78 is 7.53. The first-order chi connectivity index (χ1) is 14.8. The van der Waals surface area contributed by atoms with E-state index in [0.717, 1.165) is 22.5 Å². The monoisotopic (exact) mass is 395 g/mol. The first-order valence-electron chi connectivity index (χ1n) is 9.33. The smallest absolute Gasteiger partial charge is 0.223 e. The molecule has 30 heavy (non-hydrogen) atoms. The number of para-hydroxylation sites is 1. The third-order valence-corrected chi connectivity index (χ3v) is 4.67. The maximum absolute atomic E-state index is 5.69. The van der Waals surface area contributed by atoms with E-state index in [-0.39, 0.29) is 0 Å². The molecule has 5 rings (SSSR count). The molecular weight excluding hydrogens is 378 g/mol. The highest BCUT2D eigenvalue weighted by Gasteiger charge is 2.15. The first kappa shape index (κ1) is 17.7. The molecule has 0 unspecified atom stereocenters. The SMILES string of the molecule is COc1cc(-n2nnc(-c3ccccn3)n2)ccc1-c1ccccc1-n1cccn1. The normalized spacial score (nSPS) is 10.8. The fourth-order valence-electron chi connectivity index (χ4n) is 3.26. The molecule has 0 aliphatic heterocycles. The number of nitrogens with zero attached hydrogens (tertiary/aromatic N) is 7. The molecule has 146 valence electrons. The fourth-order valence-corrected chi connectivity index (χ4v) is 3.26. The van der Waals surface area contributed by atoms with Gasteiger partial charge in [-0.3, -0.25) is 4.98 Å². The van der Waals surface area contributed by atoms with Crippen LogP contribution in [0, 0.1) is 0 Å². The van der Waals surface area contributed by atoms with Gasteiger partial charge in [-0.1, -0.05) is 24.3 Å². The zero-order chi connectivity index (χ0) is 20.3. The van der Waals surface area contributed by atoms with Gasteiger partial charge in [0.25, 0.3) is 0 Å². The summed E-state index contributed by atoms with van der Waals surface area (Å²) in [6.07, 6.45) is 5.37. The summed E-state index contributed by atoms with van der Waals surface area (Å²) in [6, 6.07) is 21.3. The van der Waals surface area contributed by atoms with E-state index >= 15 is 0 Å². The molecule has 0 aliphatic carbocycles. The second kappa shape index (κ2) is 7.59. The summed E-state index contributed by atoms with van der Waals surface area (Å²) in [5.41, 5.74) is 4.31. The van der Waals surface area contributed by atoms with Crippen LogP contribution < -0.4 is 4.74 Å². The lowest BCUT2D eigenvalue weighted by atomic mass is 10.0. The molecule has 0 saturated carbocycles. The highest BCUT2D eigenvalue weighted by atomic mass is 16.5. The van der Waals surface area contributed by atoms with E-state index in [9.17, 15) is 0 Å². The highest BCUT2D eigenvalue weighted by molar-refractivity contribution is 5.78. The Balaban J connectivity index is 1.55. The summed E-state index contributed by atoms with van der Waals surface area (Å²) in [5.74, 6) is 1.16. The van der Waals surface area contributed by atoms with Gasteiger partial charge in [-0.15, -0.1) is 15.0 Å². The summed E-state index contributed by atoms with van der Waals surface area (Å²) in [7, 11) is 1.65. The predicted octanol–water partition coefficient (Wildman–Crippen LogP) is 3.59. The molecule has 3 aromatic heterocycles. The van der Waals surface area contributed by atoms with Crippen LogP contribution in [0.3, 0.4) is 0 Å². The largest absolute Gasteiger partial charge is 0.496 e. The van der Waals surface area contributed by atoms with Gasteiger partial charge >= 0.3 is 0 Å². The van der Waals surface area contributed by atoms with Gasteiger partial charge in [0, 0.05) is 35.8 Å². The van der Waals surface area contributed by atoms with Crippen molar-refractivity contribution in [2.24, 2.45) is 0 Å². The second-order valence-electron chi connectivity index (χ2n) is 6.47. The number of hydrogen-bond donors (Lipinski definition) is 0. The van der Waals surface area contributed by atoms with E-state index in [1.54, 1.807) is 19.5 Å². The lowest BCUT2D eigenvalue weighted by molar-refractivity contribution is 0.416. The van der Waals surface area contributed by atoms with Gasteiger partial charge in [-0.25, -0.2) is 4.68 Å². The number of rotatable bonds is 5. The Kier molecular flexibility index (Phi) is 4.49. The summed E-state index contributed by atoms with van der Waals surface area (Å²) in [4.78, 5) is 5.73. The van der Waals surface area contributed by atoms with E-state index in [0.29, 0.717) is 17.3 Å². The number of ether oxygens (including phenoxy) is 1. The standard InChI is InChI=1S/C22H17N7O/c1-30-21-15-16(29-26-22(25-27-29)19-8-4-5-12-23-19)10-11-18(21)17-7-2-3-9-20(17)28-14-6-13-24-28/h2-15H,1H3. The molecular formula is C22H17N7O. The molecule has 5 aromatic rings. The molecule has 0 radical (unpaired) electrons. The number of methoxy groups -OCH3 is 1. The molecule has 8 nitrogen and oxygen atoms in total. The van der Waals surface area contributed by atoms with Crippen LogP contribution in [0.15, 0.2) is 85.3 Å². The second-order valence-corrected chi connectivity index (χ2v) is 6.47. The Morgan fingerprint density at radius 3 is 2.57 bits per heavy atom. The van der Waals surface area contributed by atoms with Gasteiger partial charge in [0.2, 0.25) is 5.82 Å². The highest BCUT2D eigenvalue weighted by Crippen LogP contribution is 2.35. The predicted molar refractivity (Wildman–Crippen MR) is 111 cm³/mol. The third-order valence-electron chi connectivity index (χ3n) is 4.67. The molecule has 0 bridgehead atoms. The molecule has 0 fully saturated rings. The van der Waals surface area contributed by atoms with Crippen LogP contribution in [0.25, 0.3) is 34.0 Å². The molecule has 0 aliphatic rings. The van der Waals surface area contributed by atoms with Gasteiger partial charge in [-0.2, -0.15) is 5.10 Å². The van der Waals surface area contributed by atoms with E-state index in [2.05, 4.69) is 25.5 Å². The van der Waals surface area contributed by atoms with Crippen molar-refractivity contribution < 1.29 is 4.74 Å². The van der Waals surface area contributed by atoms with Crippen LogP contribution in [0.1, 0.15) is 0 Å². The molecule has 3 heterocycles. The van der Waals surface area contributed by atoms with Gasteiger partial charge in [0.15, 0.2) is 0 Å². The Morgan fingerprint density at radius 2 is 1.77 bits per heavy atom. The fraction of sp³-hybridized carbons (Fsp3) is 0.0455. The van der Waals surface area contributed by atoms with Crippen LogP contribution in [-0.2, 0) is 0 Å². The average molecular weight is 395 g/mol. The van der Waals surface area contributed by atoms with Crippen molar-refractivity contribution in [2.75, 3.05) is 7.11 Å². The molecule has 0 spiro atoms. The Labute approximate surface area is 172 Å². The first-order valence-corrected chi connectivity index (χ1v) is 9.33. The van der Waals surface area contributed by atoms with Crippen molar-refractivity contribution in [3.8, 4) is 39.8 Å². The lowest BCUT2D eigenvalue weighted by Crippen LogP contribution is -2.02. The van der Waals surface area contributed by atoms with Crippen LogP contribution in [0.2, 0.25) is 0 Å². The van der Waals surface area contributed by atoms with Crippen molar-refractivity contribution >= 4 is 0 Å². The van der Waals surface area contributed by atoms with E-state index in [1.165, 1.54) is 4.80 Å². The summed E-state index contributed by atoms with van der Waals surface area (Å²) >= 11 is 0. The topological polar surface area (TPSA) is 83.5 Å². The molecule has 0 amide bonds. The Bertz CT molecular complexity index is 1280. The molecule has 0 N–H and O–H groups in total.